The third-order valence-corrected chi connectivity index (χ3v) is 4.17. The average molecular weight is 291 g/mol. The minimum Gasteiger partial charge on any atom is -0.383 e. The minimum atomic E-state index is 0.0261. The van der Waals surface area contributed by atoms with Crippen LogP contribution in [0.4, 0.5) is 0 Å². The summed E-state index contributed by atoms with van der Waals surface area (Å²) >= 11 is 0. The number of aromatic nitrogens is 2. The van der Waals surface area contributed by atoms with E-state index in [2.05, 4.69) is 33.0 Å². The highest BCUT2D eigenvalue weighted by Crippen LogP contribution is 2.28. The first-order chi connectivity index (χ1) is 9.91. The summed E-state index contributed by atoms with van der Waals surface area (Å²) in [6, 6.07) is 0. The van der Waals surface area contributed by atoms with Gasteiger partial charge < -0.3 is 10.1 Å². The van der Waals surface area contributed by atoms with Crippen LogP contribution >= 0.6 is 0 Å². The maximum Gasteiger partial charge on any atom is 0.134 e. The van der Waals surface area contributed by atoms with Gasteiger partial charge in [-0.2, -0.15) is 0 Å². The molecule has 0 amide bonds. The number of ether oxygens (including phenoxy) is 1. The third-order valence-electron chi connectivity index (χ3n) is 4.17. The summed E-state index contributed by atoms with van der Waals surface area (Å²) in [5.74, 6) is 1.67. The zero-order valence-electron chi connectivity index (χ0n) is 14.1. The first kappa shape index (κ1) is 16.4. The summed E-state index contributed by atoms with van der Waals surface area (Å²) in [4.78, 5) is 9.59. The van der Waals surface area contributed by atoms with Crippen LogP contribution in [0.1, 0.15) is 50.0 Å². The molecule has 118 valence electrons. The lowest BCUT2D eigenvalue weighted by molar-refractivity contribution is 0.197. The Morgan fingerprint density at radius 2 is 2.05 bits per heavy atom. The summed E-state index contributed by atoms with van der Waals surface area (Å²) in [5, 5.41) is 3.48. The van der Waals surface area contributed by atoms with Crippen molar-refractivity contribution in [1.82, 2.24) is 15.3 Å². The van der Waals surface area contributed by atoms with Crippen LogP contribution in [0.15, 0.2) is 0 Å². The van der Waals surface area contributed by atoms with Crippen LogP contribution in [0.2, 0.25) is 0 Å². The molecule has 0 radical (unpaired) electrons. The van der Waals surface area contributed by atoms with Crippen molar-refractivity contribution in [3.63, 3.8) is 0 Å². The number of nitrogens with zero attached hydrogens (tertiary/aromatic N) is 2. The zero-order chi connectivity index (χ0) is 15.5. The molecule has 0 aromatic carbocycles. The fraction of sp³-hybridized carbons (Fsp3) is 0.765. The molecule has 1 aliphatic carbocycles. The van der Waals surface area contributed by atoms with E-state index in [0.717, 1.165) is 38.4 Å². The predicted molar refractivity (Wildman–Crippen MR) is 85.7 cm³/mol. The molecular formula is C17H29N3O. The topological polar surface area (TPSA) is 47.0 Å². The molecule has 0 saturated heterocycles. The quantitative estimate of drug-likeness (QED) is 0.846. The number of hydrogen-bond acceptors (Lipinski definition) is 4. The highest BCUT2D eigenvalue weighted by Gasteiger charge is 2.25. The molecule has 2 rings (SSSR count). The molecule has 1 heterocycles. The van der Waals surface area contributed by atoms with Crippen LogP contribution in [-0.4, -0.2) is 36.8 Å². The summed E-state index contributed by atoms with van der Waals surface area (Å²) in [6.07, 6.45) is 3.40. The van der Waals surface area contributed by atoms with Gasteiger partial charge in [0.1, 0.15) is 5.82 Å². The Morgan fingerprint density at radius 3 is 2.71 bits per heavy atom. The summed E-state index contributed by atoms with van der Waals surface area (Å²) in [6.45, 7) is 11.4. The van der Waals surface area contributed by atoms with Gasteiger partial charge in [-0.15, -0.1) is 0 Å². The molecule has 21 heavy (non-hydrogen) atoms. The largest absolute Gasteiger partial charge is 0.383 e. The number of rotatable bonds is 5. The van der Waals surface area contributed by atoms with Crippen LogP contribution in [0.25, 0.3) is 0 Å². The number of fused-ring (bicyclic) bond motifs is 1. The van der Waals surface area contributed by atoms with Crippen LogP contribution < -0.4 is 5.32 Å². The van der Waals surface area contributed by atoms with Crippen molar-refractivity contribution in [3.8, 4) is 0 Å². The molecule has 1 N–H and O–H groups in total. The number of hydrogen-bond donors (Lipinski definition) is 1. The van der Waals surface area contributed by atoms with E-state index < -0.39 is 0 Å². The van der Waals surface area contributed by atoms with Gasteiger partial charge in [-0.25, -0.2) is 9.97 Å². The molecule has 1 unspecified atom stereocenters. The Kier molecular flexibility index (Phi) is 5.33. The van der Waals surface area contributed by atoms with Gasteiger partial charge in [0, 0.05) is 30.5 Å². The molecule has 0 aliphatic heterocycles. The second-order valence-electron chi connectivity index (χ2n) is 7.11. The van der Waals surface area contributed by atoms with E-state index in [-0.39, 0.29) is 5.41 Å². The Morgan fingerprint density at radius 1 is 1.29 bits per heavy atom. The van der Waals surface area contributed by atoms with Crippen molar-refractivity contribution in [2.75, 3.05) is 26.8 Å². The van der Waals surface area contributed by atoms with E-state index in [0.29, 0.717) is 5.92 Å². The highest BCUT2D eigenvalue weighted by atomic mass is 16.5. The molecule has 4 heteroatoms. The van der Waals surface area contributed by atoms with E-state index in [4.69, 9.17) is 14.7 Å². The molecule has 1 aromatic heterocycles. The van der Waals surface area contributed by atoms with Gasteiger partial charge in [-0.05, 0) is 44.2 Å². The lowest BCUT2D eigenvalue weighted by Crippen LogP contribution is -2.31. The first-order valence-corrected chi connectivity index (χ1v) is 7.98. The van der Waals surface area contributed by atoms with Crippen molar-refractivity contribution >= 4 is 0 Å². The molecule has 4 nitrogen and oxygen atoms in total. The maximum absolute atomic E-state index is 5.07. The van der Waals surface area contributed by atoms with E-state index >= 15 is 0 Å². The number of methoxy groups -OCH3 is 1. The first-order valence-electron chi connectivity index (χ1n) is 7.98. The fourth-order valence-corrected chi connectivity index (χ4v) is 2.85. The Hall–Kier alpha value is -1.00. The van der Waals surface area contributed by atoms with Gasteiger partial charge in [0.15, 0.2) is 0 Å². The maximum atomic E-state index is 5.07. The predicted octanol–water partition coefficient (Wildman–Crippen LogP) is 2.42. The highest BCUT2D eigenvalue weighted by molar-refractivity contribution is 5.29. The van der Waals surface area contributed by atoms with Crippen molar-refractivity contribution in [3.05, 3.63) is 22.8 Å². The molecule has 0 bridgehead atoms. The van der Waals surface area contributed by atoms with Crippen LogP contribution in [0.5, 0.6) is 0 Å². The molecule has 1 aliphatic rings. The van der Waals surface area contributed by atoms with Crippen molar-refractivity contribution in [1.29, 1.82) is 0 Å². The zero-order valence-corrected chi connectivity index (χ0v) is 14.1. The monoisotopic (exact) mass is 291 g/mol. The van der Waals surface area contributed by atoms with E-state index in [1.165, 1.54) is 23.4 Å². The summed E-state index contributed by atoms with van der Waals surface area (Å²) < 4.78 is 5.07. The smallest absolute Gasteiger partial charge is 0.134 e. The Balaban J connectivity index is 2.04. The minimum absolute atomic E-state index is 0.0261. The Labute approximate surface area is 128 Å². The molecule has 0 fully saturated rings. The van der Waals surface area contributed by atoms with Gasteiger partial charge in [0.25, 0.3) is 0 Å². The molecule has 0 saturated carbocycles. The normalized spacial score (nSPS) is 18.6. The molecular weight excluding hydrogens is 262 g/mol. The lowest BCUT2D eigenvalue weighted by atomic mass is 9.85. The standard InChI is InChI=1S/C17H29N3O/c1-12-14-10-13(11-18-8-9-21-5)6-7-15(14)20-16(19-12)17(2,3)4/h13,18H,6-11H2,1-5H3. The third kappa shape index (κ3) is 4.24. The van der Waals surface area contributed by atoms with Gasteiger partial charge in [0.05, 0.1) is 6.61 Å². The van der Waals surface area contributed by atoms with Crippen molar-refractivity contribution in [2.24, 2.45) is 5.92 Å². The van der Waals surface area contributed by atoms with Crippen LogP contribution in [0.3, 0.4) is 0 Å². The summed E-state index contributed by atoms with van der Waals surface area (Å²) in [7, 11) is 1.74. The van der Waals surface area contributed by atoms with Crippen molar-refractivity contribution < 1.29 is 4.74 Å². The van der Waals surface area contributed by atoms with Gasteiger partial charge >= 0.3 is 0 Å². The second kappa shape index (κ2) is 6.84. The molecule has 0 spiro atoms. The van der Waals surface area contributed by atoms with E-state index in [1.807, 2.05) is 0 Å². The average Bonchev–Trinajstić information content (AvgIpc) is 2.43. The fourth-order valence-electron chi connectivity index (χ4n) is 2.85. The lowest BCUT2D eigenvalue weighted by Gasteiger charge is -2.27. The van der Waals surface area contributed by atoms with E-state index in [9.17, 15) is 0 Å². The summed E-state index contributed by atoms with van der Waals surface area (Å²) in [5.41, 5.74) is 3.86. The van der Waals surface area contributed by atoms with Crippen molar-refractivity contribution in [2.45, 2.75) is 52.4 Å². The number of nitrogens with one attached hydrogen (secondary N) is 1. The van der Waals surface area contributed by atoms with Gasteiger partial charge in [0.2, 0.25) is 0 Å². The second-order valence-corrected chi connectivity index (χ2v) is 7.11. The Bertz CT molecular complexity index is 480. The van der Waals surface area contributed by atoms with Crippen LogP contribution in [0, 0.1) is 12.8 Å². The molecule has 1 atom stereocenters. The van der Waals surface area contributed by atoms with Crippen LogP contribution in [-0.2, 0) is 23.0 Å². The number of aryl methyl sites for hydroxylation is 2. The SMILES string of the molecule is COCCNCC1CCc2nc(C(C)(C)C)nc(C)c2C1. The molecule has 1 aromatic rings. The van der Waals surface area contributed by atoms with E-state index in [1.54, 1.807) is 7.11 Å². The van der Waals surface area contributed by atoms with Gasteiger partial charge in [-0.1, -0.05) is 20.8 Å². The van der Waals surface area contributed by atoms with Gasteiger partial charge in [-0.3, -0.25) is 0 Å².